The van der Waals surface area contributed by atoms with E-state index in [-0.39, 0.29) is 18.2 Å². The second kappa shape index (κ2) is 9.10. The van der Waals surface area contributed by atoms with Crippen LogP contribution in [0.25, 0.3) is 0 Å². The van der Waals surface area contributed by atoms with E-state index in [2.05, 4.69) is 27.7 Å². The highest BCUT2D eigenvalue weighted by molar-refractivity contribution is 5.91. The molecule has 0 spiro atoms. The first-order valence-electron chi connectivity index (χ1n) is 9.93. The number of carbonyl (C=O) groups excluding carboxylic acids is 1. The van der Waals surface area contributed by atoms with Gasteiger partial charge in [0, 0.05) is 24.8 Å². The third kappa shape index (κ3) is 5.48. The first-order chi connectivity index (χ1) is 13.4. The van der Waals surface area contributed by atoms with Crippen LogP contribution in [-0.4, -0.2) is 53.0 Å². The summed E-state index contributed by atoms with van der Waals surface area (Å²) in [6.45, 7) is 8.64. The molecule has 7 heteroatoms. The molecule has 3 rings (SSSR count). The maximum absolute atomic E-state index is 12.5. The fourth-order valence-electron chi connectivity index (χ4n) is 3.50. The van der Waals surface area contributed by atoms with Crippen LogP contribution in [0, 0.1) is 13.8 Å². The molecular formula is C21H31N5O2. The van der Waals surface area contributed by atoms with Crippen LogP contribution >= 0.6 is 0 Å². The molecule has 2 amide bonds. The zero-order valence-electron chi connectivity index (χ0n) is 17.2. The fourth-order valence-corrected chi connectivity index (χ4v) is 3.50. The summed E-state index contributed by atoms with van der Waals surface area (Å²) in [6.07, 6.45) is 2.18. The Hall–Kier alpha value is -2.54. The number of hydrogen-bond acceptors (Lipinski definition) is 4. The molecule has 2 heterocycles. The van der Waals surface area contributed by atoms with Crippen molar-refractivity contribution >= 4 is 11.7 Å². The molecule has 0 bridgehead atoms. The van der Waals surface area contributed by atoms with E-state index in [0.717, 1.165) is 43.1 Å². The minimum Gasteiger partial charge on any atom is -0.488 e. The first-order valence-corrected chi connectivity index (χ1v) is 9.93. The van der Waals surface area contributed by atoms with E-state index in [1.807, 2.05) is 55.8 Å². The zero-order chi connectivity index (χ0) is 20.1. The number of para-hydroxylation sites is 2. The minimum atomic E-state index is -0.242. The lowest BCUT2D eigenvalue weighted by atomic mass is 10.1. The number of piperidine rings is 1. The number of hydrogen-bond donors (Lipinski definition) is 2. The van der Waals surface area contributed by atoms with Gasteiger partial charge in [-0.3, -0.25) is 4.68 Å². The van der Waals surface area contributed by atoms with Crippen LogP contribution < -0.4 is 15.4 Å². The molecule has 1 aliphatic rings. The number of nitrogens with zero attached hydrogens (tertiary/aromatic N) is 3. The molecule has 2 aromatic rings. The normalized spacial score (nSPS) is 16.6. The Morgan fingerprint density at radius 3 is 2.68 bits per heavy atom. The molecule has 1 atom stereocenters. The SMILES string of the molecule is Cc1cc(C)n(CC(C)NC(=O)Nc2ccccc2OC2CCN(C)CC2)n1. The van der Waals surface area contributed by atoms with E-state index in [9.17, 15) is 4.79 Å². The highest BCUT2D eigenvalue weighted by atomic mass is 16.5. The van der Waals surface area contributed by atoms with Crippen molar-refractivity contribution in [2.45, 2.75) is 52.3 Å². The van der Waals surface area contributed by atoms with Crippen LogP contribution in [0.15, 0.2) is 30.3 Å². The number of rotatable bonds is 6. The average Bonchev–Trinajstić information content (AvgIpc) is 2.95. The molecule has 1 aliphatic heterocycles. The number of likely N-dealkylation sites (tertiary alicyclic amines) is 1. The Labute approximate surface area is 167 Å². The van der Waals surface area contributed by atoms with Crippen LogP contribution in [-0.2, 0) is 6.54 Å². The molecule has 7 nitrogen and oxygen atoms in total. The van der Waals surface area contributed by atoms with E-state index in [4.69, 9.17) is 4.74 Å². The lowest BCUT2D eigenvalue weighted by Gasteiger charge is -2.30. The van der Waals surface area contributed by atoms with Gasteiger partial charge in [0.1, 0.15) is 11.9 Å². The molecule has 1 fully saturated rings. The van der Waals surface area contributed by atoms with Crippen LogP contribution in [0.3, 0.4) is 0 Å². The number of urea groups is 1. The smallest absolute Gasteiger partial charge is 0.319 e. The lowest BCUT2D eigenvalue weighted by molar-refractivity contribution is 0.115. The number of amides is 2. The van der Waals surface area contributed by atoms with Crippen molar-refractivity contribution in [3.63, 3.8) is 0 Å². The summed E-state index contributed by atoms with van der Waals surface area (Å²) in [6, 6.07) is 9.34. The second-order valence-corrected chi connectivity index (χ2v) is 7.73. The number of anilines is 1. The molecule has 152 valence electrons. The number of carbonyl (C=O) groups is 1. The summed E-state index contributed by atoms with van der Waals surface area (Å²) in [4.78, 5) is 14.8. The van der Waals surface area contributed by atoms with E-state index < -0.39 is 0 Å². The van der Waals surface area contributed by atoms with Gasteiger partial charge in [-0.15, -0.1) is 0 Å². The summed E-state index contributed by atoms with van der Waals surface area (Å²) in [5, 5.41) is 10.4. The third-order valence-corrected chi connectivity index (χ3v) is 5.02. The Kier molecular flexibility index (Phi) is 6.57. The van der Waals surface area contributed by atoms with Gasteiger partial charge in [0.2, 0.25) is 0 Å². The van der Waals surface area contributed by atoms with Gasteiger partial charge in [0.15, 0.2) is 0 Å². The highest BCUT2D eigenvalue weighted by Gasteiger charge is 2.20. The number of ether oxygens (including phenoxy) is 1. The Balaban J connectivity index is 1.55. The van der Waals surface area contributed by atoms with Gasteiger partial charge in [0.25, 0.3) is 0 Å². The molecule has 2 N–H and O–H groups in total. The van der Waals surface area contributed by atoms with Crippen LogP contribution in [0.2, 0.25) is 0 Å². The van der Waals surface area contributed by atoms with Crippen molar-refractivity contribution in [1.29, 1.82) is 0 Å². The summed E-state index contributed by atoms with van der Waals surface area (Å²) < 4.78 is 8.09. The van der Waals surface area contributed by atoms with E-state index in [0.29, 0.717) is 12.2 Å². The van der Waals surface area contributed by atoms with Gasteiger partial charge in [-0.1, -0.05) is 12.1 Å². The minimum absolute atomic E-state index is 0.0556. The Bertz CT molecular complexity index is 796. The van der Waals surface area contributed by atoms with Gasteiger partial charge >= 0.3 is 6.03 Å². The lowest BCUT2D eigenvalue weighted by Crippen LogP contribution is -2.39. The number of aromatic nitrogens is 2. The first kappa shape index (κ1) is 20.2. The number of aryl methyl sites for hydroxylation is 2. The van der Waals surface area contributed by atoms with E-state index in [1.165, 1.54) is 0 Å². The molecule has 0 aliphatic carbocycles. The zero-order valence-corrected chi connectivity index (χ0v) is 17.2. The topological polar surface area (TPSA) is 71.4 Å². The largest absolute Gasteiger partial charge is 0.488 e. The fraction of sp³-hybridized carbons (Fsp3) is 0.524. The van der Waals surface area contributed by atoms with Crippen molar-refractivity contribution in [3.8, 4) is 5.75 Å². The summed E-state index contributed by atoms with van der Waals surface area (Å²) in [7, 11) is 2.13. The van der Waals surface area contributed by atoms with Crippen molar-refractivity contribution in [2.24, 2.45) is 0 Å². The second-order valence-electron chi connectivity index (χ2n) is 7.73. The van der Waals surface area contributed by atoms with Crippen molar-refractivity contribution in [3.05, 3.63) is 41.7 Å². The van der Waals surface area contributed by atoms with E-state index >= 15 is 0 Å². The molecule has 1 unspecified atom stereocenters. The quantitative estimate of drug-likeness (QED) is 0.801. The molecule has 1 aromatic carbocycles. The predicted octanol–water partition coefficient (Wildman–Crippen LogP) is 3.18. The maximum Gasteiger partial charge on any atom is 0.319 e. The van der Waals surface area contributed by atoms with Gasteiger partial charge in [-0.25, -0.2) is 4.79 Å². The molecule has 1 saturated heterocycles. The molecule has 1 aromatic heterocycles. The average molecular weight is 386 g/mol. The van der Waals surface area contributed by atoms with E-state index in [1.54, 1.807) is 0 Å². The Morgan fingerprint density at radius 2 is 2.00 bits per heavy atom. The summed E-state index contributed by atoms with van der Waals surface area (Å²) >= 11 is 0. The molecule has 0 saturated carbocycles. The van der Waals surface area contributed by atoms with Crippen LogP contribution in [0.1, 0.15) is 31.2 Å². The van der Waals surface area contributed by atoms with Gasteiger partial charge in [0.05, 0.1) is 17.9 Å². The predicted molar refractivity (Wildman–Crippen MR) is 111 cm³/mol. The van der Waals surface area contributed by atoms with Gasteiger partial charge in [-0.2, -0.15) is 5.10 Å². The summed E-state index contributed by atoms with van der Waals surface area (Å²) in [5.74, 6) is 0.721. The van der Waals surface area contributed by atoms with Crippen molar-refractivity contribution in [2.75, 3.05) is 25.5 Å². The summed E-state index contributed by atoms with van der Waals surface area (Å²) in [5.41, 5.74) is 2.76. The van der Waals surface area contributed by atoms with Crippen molar-refractivity contribution in [1.82, 2.24) is 20.0 Å². The standard InChI is InChI=1S/C21H31N5O2/c1-15-13-17(3)26(24-15)14-16(2)22-21(27)23-19-7-5-6-8-20(19)28-18-9-11-25(4)12-10-18/h5-8,13,16,18H,9-12,14H2,1-4H3,(H2,22,23,27). The van der Waals surface area contributed by atoms with Crippen LogP contribution in [0.5, 0.6) is 5.75 Å². The number of benzene rings is 1. The third-order valence-electron chi connectivity index (χ3n) is 5.02. The monoisotopic (exact) mass is 385 g/mol. The molecular weight excluding hydrogens is 354 g/mol. The maximum atomic E-state index is 12.5. The molecule has 0 radical (unpaired) electrons. The van der Waals surface area contributed by atoms with Gasteiger partial charge < -0.3 is 20.3 Å². The van der Waals surface area contributed by atoms with Crippen molar-refractivity contribution < 1.29 is 9.53 Å². The van der Waals surface area contributed by atoms with Crippen LogP contribution in [0.4, 0.5) is 10.5 Å². The highest BCUT2D eigenvalue weighted by Crippen LogP contribution is 2.27. The Morgan fingerprint density at radius 1 is 1.29 bits per heavy atom. The number of nitrogens with one attached hydrogen (secondary N) is 2. The molecule has 28 heavy (non-hydrogen) atoms. The van der Waals surface area contributed by atoms with Gasteiger partial charge in [-0.05, 0) is 58.9 Å².